The van der Waals surface area contributed by atoms with Gasteiger partial charge in [0, 0.05) is 18.1 Å². The van der Waals surface area contributed by atoms with Crippen LogP contribution in [0.2, 0.25) is 0 Å². The monoisotopic (exact) mass is 367 g/mol. The Balaban J connectivity index is 1.77. The van der Waals surface area contributed by atoms with Crippen LogP contribution in [-0.2, 0) is 0 Å². The van der Waals surface area contributed by atoms with Gasteiger partial charge in [-0.3, -0.25) is 4.79 Å². The molecule has 1 amide bonds. The number of carbonyl (C=O) groups excluding carboxylic acids is 1. The van der Waals surface area contributed by atoms with Crippen molar-refractivity contribution in [2.45, 2.75) is 51.7 Å². The van der Waals surface area contributed by atoms with E-state index in [4.69, 9.17) is 9.40 Å². The molecule has 0 bridgehead atoms. The SMILES string of the molecule is CC1NCCCC1NC(=O)c1cc(-c2ccco2)nc2c1cnn2C(C)C. The summed E-state index contributed by atoms with van der Waals surface area (Å²) in [5.41, 5.74) is 1.91. The van der Waals surface area contributed by atoms with Crippen LogP contribution in [0.5, 0.6) is 0 Å². The third-order valence-electron chi connectivity index (χ3n) is 5.15. The molecule has 0 aromatic carbocycles. The lowest BCUT2D eigenvalue weighted by molar-refractivity contribution is 0.0921. The summed E-state index contributed by atoms with van der Waals surface area (Å²) >= 11 is 0. The number of hydrogen-bond acceptors (Lipinski definition) is 5. The fourth-order valence-electron chi connectivity index (χ4n) is 3.62. The molecule has 2 unspecified atom stereocenters. The van der Waals surface area contributed by atoms with Gasteiger partial charge in [0.2, 0.25) is 0 Å². The van der Waals surface area contributed by atoms with E-state index in [0.717, 1.165) is 24.8 Å². The van der Waals surface area contributed by atoms with Gasteiger partial charge in [0.1, 0.15) is 5.69 Å². The Bertz CT molecular complexity index is 945. The summed E-state index contributed by atoms with van der Waals surface area (Å²) in [6.07, 6.45) is 5.37. The second-order valence-corrected chi connectivity index (χ2v) is 7.42. The van der Waals surface area contributed by atoms with E-state index in [0.29, 0.717) is 22.7 Å². The number of furan rings is 1. The zero-order chi connectivity index (χ0) is 19.0. The van der Waals surface area contributed by atoms with E-state index in [1.807, 2.05) is 30.7 Å². The molecule has 7 nitrogen and oxygen atoms in total. The molecule has 4 rings (SSSR count). The maximum Gasteiger partial charge on any atom is 0.252 e. The Labute approximate surface area is 158 Å². The van der Waals surface area contributed by atoms with Gasteiger partial charge in [0.15, 0.2) is 11.4 Å². The minimum absolute atomic E-state index is 0.0981. The van der Waals surface area contributed by atoms with E-state index in [9.17, 15) is 4.79 Å². The molecule has 142 valence electrons. The maximum atomic E-state index is 13.1. The zero-order valence-electron chi connectivity index (χ0n) is 15.9. The molecule has 3 aromatic rings. The number of amides is 1. The summed E-state index contributed by atoms with van der Waals surface area (Å²) in [6.45, 7) is 7.19. The van der Waals surface area contributed by atoms with E-state index in [-0.39, 0.29) is 24.0 Å². The van der Waals surface area contributed by atoms with Crippen molar-refractivity contribution in [1.29, 1.82) is 0 Å². The molecule has 3 aromatic heterocycles. The first-order valence-electron chi connectivity index (χ1n) is 9.51. The summed E-state index contributed by atoms with van der Waals surface area (Å²) in [6, 6.07) is 5.96. The summed E-state index contributed by atoms with van der Waals surface area (Å²) in [4.78, 5) is 17.9. The van der Waals surface area contributed by atoms with Crippen LogP contribution in [0.4, 0.5) is 0 Å². The fourth-order valence-corrected chi connectivity index (χ4v) is 3.62. The van der Waals surface area contributed by atoms with Crippen molar-refractivity contribution in [3.63, 3.8) is 0 Å². The van der Waals surface area contributed by atoms with Crippen molar-refractivity contribution in [3.05, 3.63) is 36.2 Å². The third kappa shape index (κ3) is 3.35. The van der Waals surface area contributed by atoms with Gasteiger partial charge in [-0.25, -0.2) is 9.67 Å². The number of hydrogen-bond donors (Lipinski definition) is 2. The van der Waals surface area contributed by atoms with E-state index in [1.54, 1.807) is 18.5 Å². The highest BCUT2D eigenvalue weighted by molar-refractivity contribution is 6.06. The Hall–Kier alpha value is -2.67. The third-order valence-corrected chi connectivity index (χ3v) is 5.15. The zero-order valence-corrected chi connectivity index (χ0v) is 15.9. The molecule has 1 aliphatic heterocycles. The second-order valence-electron chi connectivity index (χ2n) is 7.42. The van der Waals surface area contributed by atoms with Crippen LogP contribution in [0.3, 0.4) is 0 Å². The topological polar surface area (TPSA) is 85.0 Å². The lowest BCUT2D eigenvalue weighted by Crippen LogP contribution is -2.51. The molecule has 0 radical (unpaired) electrons. The number of carbonyl (C=O) groups is 1. The van der Waals surface area contributed by atoms with Gasteiger partial charge >= 0.3 is 0 Å². The fraction of sp³-hybridized carbons (Fsp3) is 0.450. The molecule has 2 atom stereocenters. The van der Waals surface area contributed by atoms with Crippen molar-refractivity contribution < 1.29 is 9.21 Å². The van der Waals surface area contributed by atoms with Crippen molar-refractivity contribution in [1.82, 2.24) is 25.4 Å². The van der Waals surface area contributed by atoms with Crippen LogP contribution in [-0.4, -0.2) is 39.3 Å². The first kappa shape index (κ1) is 17.7. The van der Waals surface area contributed by atoms with E-state index < -0.39 is 0 Å². The molecule has 2 N–H and O–H groups in total. The first-order chi connectivity index (χ1) is 13.0. The van der Waals surface area contributed by atoms with Gasteiger partial charge in [0.05, 0.1) is 23.4 Å². The molecule has 1 saturated heterocycles. The lowest BCUT2D eigenvalue weighted by Gasteiger charge is -2.30. The van der Waals surface area contributed by atoms with Crippen LogP contribution >= 0.6 is 0 Å². The van der Waals surface area contributed by atoms with Crippen LogP contribution in [0.25, 0.3) is 22.5 Å². The van der Waals surface area contributed by atoms with Crippen molar-refractivity contribution in [3.8, 4) is 11.5 Å². The molecule has 27 heavy (non-hydrogen) atoms. The van der Waals surface area contributed by atoms with E-state index in [1.165, 1.54) is 0 Å². The number of piperidine rings is 1. The number of pyridine rings is 1. The Morgan fingerprint density at radius 3 is 3.00 bits per heavy atom. The van der Waals surface area contributed by atoms with Crippen LogP contribution in [0.15, 0.2) is 35.1 Å². The first-order valence-corrected chi connectivity index (χ1v) is 9.51. The highest BCUT2D eigenvalue weighted by Gasteiger charge is 2.25. The predicted octanol–water partition coefficient (Wildman–Crippen LogP) is 3.14. The molecule has 1 aliphatic rings. The normalized spacial score (nSPS) is 20.3. The molecule has 7 heteroatoms. The minimum atomic E-state index is -0.0981. The quantitative estimate of drug-likeness (QED) is 0.740. The standard InChI is InChI=1S/C20H25N5O2/c1-12(2)25-19-15(11-22-25)14(10-17(23-19)18-7-5-9-27-18)20(26)24-16-6-4-8-21-13(16)3/h5,7,9-13,16,21H,4,6,8H2,1-3H3,(H,24,26). The lowest BCUT2D eigenvalue weighted by atomic mass is 9.99. The molecule has 0 saturated carbocycles. The average Bonchev–Trinajstić information content (AvgIpc) is 3.32. The van der Waals surface area contributed by atoms with Crippen molar-refractivity contribution in [2.24, 2.45) is 0 Å². The van der Waals surface area contributed by atoms with E-state index >= 15 is 0 Å². The van der Waals surface area contributed by atoms with Gasteiger partial charge in [-0.05, 0) is 58.4 Å². The smallest absolute Gasteiger partial charge is 0.252 e. The number of nitrogens with one attached hydrogen (secondary N) is 2. The summed E-state index contributed by atoms with van der Waals surface area (Å²) < 4.78 is 7.35. The number of nitrogens with zero attached hydrogens (tertiary/aromatic N) is 3. The predicted molar refractivity (Wildman–Crippen MR) is 104 cm³/mol. The Morgan fingerprint density at radius 1 is 1.44 bits per heavy atom. The summed E-state index contributed by atoms with van der Waals surface area (Å²) in [5, 5.41) is 11.8. The van der Waals surface area contributed by atoms with Crippen LogP contribution in [0.1, 0.15) is 50.0 Å². The highest BCUT2D eigenvalue weighted by Crippen LogP contribution is 2.27. The Kier molecular flexibility index (Phi) is 4.70. The average molecular weight is 367 g/mol. The molecule has 4 heterocycles. The number of fused-ring (bicyclic) bond motifs is 1. The van der Waals surface area contributed by atoms with Gasteiger partial charge in [-0.15, -0.1) is 0 Å². The largest absolute Gasteiger partial charge is 0.463 e. The van der Waals surface area contributed by atoms with E-state index in [2.05, 4.69) is 22.7 Å². The second kappa shape index (κ2) is 7.15. The van der Waals surface area contributed by atoms with Gasteiger partial charge in [-0.2, -0.15) is 5.10 Å². The molecular formula is C20H25N5O2. The van der Waals surface area contributed by atoms with Crippen molar-refractivity contribution >= 4 is 16.9 Å². The number of rotatable bonds is 4. The summed E-state index contributed by atoms with van der Waals surface area (Å²) in [7, 11) is 0. The van der Waals surface area contributed by atoms with Crippen molar-refractivity contribution in [2.75, 3.05) is 6.54 Å². The van der Waals surface area contributed by atoms with Crippen LogP contribution < -0.4 is 10.6 Å². The minimum Gasteiger partial charge on any atom is -0.463 e. The molecule has 0 aliphatic carbocycles. The molecular weight excluding hydrogens is 342 g/mol. The molecule has 0 spiro atoms. The van der Waals surface area contributed by atoms with Gasteiger partial charge in [-0.1, -0.05) is 0 Å². The van der Waals surface area contributed by atoms with Gasteiger partial charge < -0.3 is 15.1 Å². The molecule has 1 fully saturated rings. The van der Waals surface area contributed by atoms with Gasteiger partial charge in [0.25, 0.3) is 5.91 Å². The van der Waals surface area contributed by atoms with Crippen LogP contribution in [0, 0.1) is 0 Å². The summed E-state index contributed by atoms with van der Waals surface area (Å²) in [5.74, 6) is 0.536. The number of aromatic nitrogens is 3. The maximum absolute atomic E-state index is 13.1. The Morgan fingerprint density at radius 2 is 2.30 bits per heavy atom. The highest BCUT2D eigenvalue weighted by atomic mass is 16.3.